The Kier molecular flexibility index (Phi) is 8.27. The third-order valence-electron chi connectivity index (χ3n) is 2.85. The summed E-state index contributed by atoms with van der Waals surface area (Å²) in [6.07, 6.45) is 0.440. The van der Waals surface area contributed by atoms with E-state index in [1.807, 2.05) is 0 Å². The zero-order chi connectivity index (χ0) is 16.4. The van der Waals surface area contributed by atoms with Crippen LogP contribution >= 0.6 is 0 Å². The fraction of sp³-hybridized carbons (Fsp3) is 0.533. The van der Waals surface area contributed by atoms with E-state index < -0.39 is 5.97 Å². The van der Waals surface area contributed by atoms with Gasteiger partial charge in [-0.05, 0) is 12.5 Å². The minimum atomic E-state index is -0.622. The molecule has 7 nitrogen and oxygen atoms in total. The molecule has 0 bridgehead atoms. The number of aliphatic hydroxyl groups is 1. The van der Waals surface area contributed by atoms with Gasteiger partial charge >= 0.3 is 5.97 Å². The molecule has 3 N–H and O–H groups in total. The van der Waals surface area contributed by atoms with Gasteiger partial charge in [0, 0.05) is 11.6 Å². The Balaban J connectivity index is 2.37. The molecular formula is C15H22O7. The van der Waals surface area contributed by atoms with Crippen LogP contribution in [0.15, 0.2) is 12.1 Å². The number of esters is 1. The minimum Gasteiger partial charge on any atom is -0.508 e. The number of phenolic OH excluding ortho intramolecular Hbond substituents is 2. The van der Waals surface area contributed by atoms with Gasteiger partial charge < -0.3 is 29.5 Å². The van der Waals surface area contributed by atoms with Crippen molar-refractivity contribution in [1.82, 2.24) is 0 Å². The molecule has 1 rings (SSSR count). The van der Waals surface area contributed by atoms with Crippen molar-refractivity contribution in [2.45, 2.75) is 13.3 Å². The molecule has 0 heterocycles. The van der Waals surface area contributed by atoms with Gasteiger partial charge in [0.05, 0.1) is 38.6 Å². The van der Waals surface area contributed by atoms with Crippen molar-refractivity contribution in [3.8, 4) is 11.5 Å². The van der Waals surface area contributed by atoms with Crippen LogP contribution in [0, 0.1) is 0 Å². The van der Waals surface area contributed by atoms with Gasteiger partial charge in [0.2, 0.25) is 0 Å². The largest absolute Gasteiger partial charge is 0.508 e. The second kappa shape index (κ2) is 9.99. The average Bonchev–Trinajstić information content (AvgIpc) is 2.49. The van der Waals surface area contributed by atoms with Crippen LogP contribution in [0.2, 0.25) is 0 Å². The Morgan fingerprint density at radius 2 is 1.68 bits per heavy atom. The SMILES string of the molecule is CCc1c(O)cc(O)cc1C(=O)OCCOCCOCCO. The molecule has 0 radical (unpaired) electrons. The maximum Gasteiger partial charge on any atom is 0.338 e. The first kappa shape index (κ1) is 18.2. The van der Waals surface area contributed by atoms with Gasteiger partial charge in [0.15, 0.2) is 0 Å². The molecular weight excluding hydrogens is 292 g/mol. The van der Waals surface area contributed by atoms with Crippen molar-refractivity contribution in [2.24, 2.45) is 0 Å². The first-order valence-electron chi connectivity index (χ1n) is 7.08. The maximum atomic E-state index is 12.0. The van der Waals surface area contributed by atoms with E-state index in [9.17, 15) is 15.0 Å². The second-order valence-corrected chi connectivity index (χ2v) is 4.43. The highest BCUT2D eigenvalue weighted by molar-refractivity contribution is 5.92. The van der Waals surface area contributed by atoms with Crippen molar-refractivity contribution in [2.75, 3.05) is 39.6 Å². The summed E-state index contributed by atoms with van der Waals surface area (Å²) in [5, 5.41) is 27.7. The van der Waals surface area contributed by atoms with Gasteiger partial charge in [-0.25, -0.2) is 4.79 Å². The molecule has 124 valence electrons. The molecule has 1 aromatic carbocycles. The number of aliphatic hydroxyl groups excluding tert-OH is 1. The lowest BCUT2D eigenvalue weighted by Crippen LogP contribution is -2.14. The zero-order valence-electron chi connectivity index (χ0n) is 12.6. The number of aromatic hydroxyl groups is 2. The Morgan fingerprint density at radius 3 is 2.32 bits per heavy atom. The molecule has 0 unspecified atom stereocenters. The molecule has 0 saturated carbocycles. The van der Waals surface area contributed by atoms with Gasteiger partial charge in [0.25, 0.3) is 0 Å². The van der Waals surface area contributed by atoms with Crippen LogP contribution in [0.5, 0.6) is 11.5 Å². The van der Waals surface area contributed by atoms with E-state index in [2.05, 4.69) is 0 Å². The summed E-state index contributed by atoms with van der Waals surface area (Å²) >= 11 is 0. The molecule has 0 spiro atoms. The monoisotopic (exact) mass is 314 g/mol. The van der Waals surface area contributed by atoms with E-state index in [0.29, 0.717) is 25.2 Å². The van der Waals surface area contributed by atoms with E-state index in [0.717, 1.165) is 0 Å². The molecule has 0 aliphatic heterocycles. The summed E-state index contributed by atoms with van der Waals surface area (Å²) in [7, 11) is 0. The summed E-state index contributed by atoms with van der Waals surface area (Å²) in [5.41, 5.74) is 0.576. The Bertz CT molecular complexity index is 473. The second-order valence-electron chi connectivity index (χ2n) is 4.43. The molecule has 0 atom stereocenters. The van der Waals surface area contributed by atoms with E-state index >= 15 is 0 Å². The normalized spacial score (nSPS) is 10.6. The third-order valence-corrected chi connectivity index (χ3v) is 2.85. The van der Waals surface area contributed by atoms with Crippen molar-refractivity contribution < 1.29 is 34.3 Å². The molecule has 0 saturated heterocycles. The Labute approximate surface area is 129 Å². The maximum absolute atomic E-state index is 12.0. The van der Waals surface area contributed by atoms with Crippen LogP contribution in [0.4, 0.5) is 0 Å². The molecule has 0 fully saturated rings. The van der Waals surface area contributed by atoms with E-state index in [4.69, 9.17) is 19.3 Å². The quantitative estimate of drug-likeness (QED) is 0.434. The minimum absolute atomic E-state index is 0.0336. The van der Waals surface area contributed by atoms with Crippen LogP contribution in [-0.2, 0) is 20.6 Å². The van der Waals surface area contributed by atoms with Crippen LogP contribution in [0.1, 0.15) is 22.8 Å². The molecule has 0 aliphatic carbocycles. The number of carbonyl (C=O) groups excluding carboxylic acids is 1. The predicted molar refractivity (Wildman–Crippen MR) is 78.2 cm³/mol. The van der Waals surface area contributed by atoms with Gasteiger partial charge in [-0.3, -0.25) is 0 Å². The summed E-state index contributed by atoms with van der Waals surface area (Å²) < 4.78 is 15.2. The van der Waals surface area contributed by atoms with Crippen LogP contribution in [-0.4, -0.2) is 60.9 Å². The van der Waals surface area contributed by atoms with Gasteiger partial charge in [-0.1, -0.05) is 6.92 Å². The van der Waals surface area contributed by atoms with Crippen LogP contribution < -0.4 is 0 Å². The standard InChI is InChI=1S/C15H22O7/c1-2-12-13(9-11(17)10-14(12)18)15(19)22-8-7-21-6-5-20-4-3-16/h9-10,16-18H,2-8H2,1H3. The van der Waals surface area contributed by atoms with Crippen molar-refractivity contribution in [3.05, 3.63) is 23.3 Å². The molecule has 1 aromatic rings. The van der Waals surface area contributed by atoms with E-state index in [-0.39, 0.29) is 43.5 Å². The van der Waals surface area contributed by atoms with Gasteiger partial charge in [0.1, 0.15) is 18.1 Å². The van der Waals surface area contributed by atoms with Crippen molar-refractivity contribution in [1.29, 1.82) is 0 Å². The number of hydrogen-bond donors (Lipinski definition) is 3. The number of benzene rings is 1. The summed E-state index contributed by atoms with van der Waals surface area (Å²) in [6, 6.07) is 2.45. The highest BCUT2D eigenvalue weighted by Gasteiger charge is 2.16. The lowest BCUT2D eigenvalue weighted by Gasteiger charge is -2.11. The number of phenols is 2. The predicted octanol–water partition coefficient (Wildman–Crippen LogP) is 0.842. The van der Waals surface area contributed by atoms with Gasteiger partial charge in [-0.2, -0.15) is 0 Å². The molecule has 22 heavy (non-hydrogen) atoms. The lowest BCUT2D eigenvalue weighted by atomic mass is 10.0. The van der Waals surface area contributed by atoms with Gasteiger partial charge in [-0.15, -0.1) is 0 Å². The average molecular weight is 314 g/mol. The molecule has 0 amide bonds. The number of hydrogen-bond acceptors (Lipinski definition) is 7. The summed E-state index contributed by atoms with van der Waals surface area (Å²) in [6.45, 7) is 2.98. The molecule has 7 heteroatoms. The molecule has 0 aromatic heterocycles. The fourth-order valence-electron chi connectivity index (χ4n) is 1.85. The first-order valence-corrected chi connectivity index (χ1v) is 7.08. The zero-order valence-corrected chi connectivity index (χ0v) is 12.6. The van der Waals surface area contributed by atoms with E-state index in [1.54, 1.807) is 6.92 Å². The highest BCUT2D eigenvalue weighted by atomic mass is 16.6. The Morgan fingerprint density at radius 1 is 1.05 bits per heavy atom. The summed E-state index contributed by atoms with van der Waals surface area (Å²) in [5.74, 6) is -0.950. The van der Waals surface area contributed by atoms with E-state index in [1.165, 1.54) is 12.1 Å². The third kappa shape index (κ3) is 5.88. The molecule has 0 aliphatic rings. The van der Waals surface area contributed by atoms with Crippen molar-refractivity contribution >= 4 is 5.97 Å². The number of carbonyl (C=O) groups is 1. The smallest absolute Gasteiger partial charge is 0.338 e. The van der Waals surface area contributed by atoms with Crippen LogP contribution in [0.3, 0.4) is 0 Å². The summed E-state index contributed by atoms with van der Waals surface area (Å²) in [4.78, 5) is 12.0. The highest BCUT2D eigenvalue weighted by Crippen LogP contribution is 2.28. The topological polar surface area (TPSA) is 105 Å². The Hall–Kier alpha value is -1.83. The van der Waals surface area contributed by atoms with Crippen molar-refractivity contribution in [3.63, 3.8) is 0 Å². The number of rotatable bonds is 10. The number of ether oxygens (including phenoxy) is 3. The first-order chi connectivity index (χ1) is 10.6. The fourth-order valence-corrected chi connectivity index (χ4v) is 1.85. The van der Waals surface area contributed by atoms with Crippen LogP contribution in [0.25, 0.3) is 0 Å². The lowest BCUT2D eigenvalue weighted by molar-refractivity contribution is 0.00912.